The Kier molecular flexibility index (Phi) is 7.15. The van der Waals surface area contributed by atoms with Crippen molar-refractivity contribution in [3.8, 4) is 0 Å². The van der Waals surface area contributed by atoms with Gasteiger partial charge in [-0.15, -0.1) is 11.3 Å². The highest BCUT2D eigenvalue weighted by molar-refractivity contribution is 8.01. The topological polar surface area (TPSA) is 88.2 Å². The number of benzene rings is 2. The summed E-state index contributed by atoms with van der Waals surface area (Å²) in [5, 5.41) is 7.30. The molecule has 29 heavy (non-hydrogen) atoms. The minimum absolute atomic E-state index is 0.0455. The Morgan fingerprint density at radius 1 is 1.00 bits per heavy atom. The highest BCUT2D eigenvalue weighted by atomic mass is 32.2. The van der Waals surface area contributed by atoms with E-state index >= 15 is 0 Å². The smallest absolute Gasteiger partial charge is 0.230 e. The third-order valence-corrected chi connectivity index (χ3v) is 5.83. The fourth-order valence-electron chi connectivity index (χ4n) is 2.52. The van der Waals surface area contributed by atoms with Gasteiger partial charge < -0.3 is 10.6 Å². The van der Waals surface area contributed by atoms with Crippen LogP contribution in [0.25, 0.3) is 0 Å². The van der Waals surface area contributed by atoms with E-state index in [9.17, 15) is 14.4 Å². The maximum atomic E-state index is 12.3. The Labute approximate surface area is 176 Å². The van der Waals surface area contributed by atoms with Gasteiger partial charge in [-0.25, -0.2) is 4.98 Å². The third kappa shape index (κ3) is 6.55. The van der Waals surface area contributed by atoms with Gasteiger partial charge in [-0.2, -0.15) is 0 Å². The first-order valence-corrected chi connectivity index (χ1v) is 10.7. The molecule has 0 spiro atoms. The predicted octanol–water partition coefficient (Wildman–Crippen LogP) is 4.26. The molecular formula is C21H19N3O3S2. The lowest BCUT2D eigenvalue weighted by Crippen LogP contribution is -2.15. The number of nitrogens with one attached hydrogen (secondary N) is 2. The second-order valence-corrected chi connectivity index (χ2v) is 8.25. The molecule has 3 rings (SSSR count). The van der Waals surface area contributed by atoms with E-state index in [1.165, 1.54) is 30.0 Å². The van der Waals surface area contributed by atoms with Gasteiger partial charge in [-0.1, -0.05) is 48.2 Å². The van der Waals surface area contributed by atoms with E-state index in [1.54, 1.807) is 36.4 Å². The zero-order valence-electron chi connectivity index (χ0n) is 15.7. The van der Waals surface area contributed by atoms with Gasteiger partial charge in [0, 0.05) is 29.2 Å². The molecule has 2 aromatic carbocycles. The molecule has 3 aromatic rings. The quantitative estimate of drug-likeness (QED) is 0.416. The molecule has 2 N–H and O–H groups in total. The largest absolute Gasteiger partial charge is 0.326 e. The highest BCUT2D eigenvalue weighted by Gasteiger charge is 2.11. The highest BCUT2D eigenvalue weighted by Crippen LogP contribution is 2.24. The minimum atomic E-state index is -0.202. The van der Waals surface area contributed by atoms with Gasteiger partial charge in [0.2, 0.25) is 11.8 Å². The molecule has 6 nitrogen and oxygen atoms in total. The summed E-state index contributed by atoms with van der Waals surface area (Å²) in [5.74, 6) is -0.0258. The molecule has 0 unspecified atom stereocenters. The third-order valence-electron chi connectivity index (χ3n) is 3.76. The summed E-state index contributed by atoms with van der Waals surface area (Å²) in [6.07, 6.45) is 0.133. The van der Waals surface area contributed by atoms with E-state index < -0.39 is 0 Å². The first-order chi connectivity index (χ1) is 14.0. The summed E-state index contributed by atoms with van der Waals surface area (Å²) < 4.78 is 0.754. The van der Waals surface area contributed by atoms with Gasteiger partial charge in [0.15, 0.2) is 10.1 Å². The average Bonchev–Trinajstić information content (AvgIpc) is 3.13. The first-order valence-electron chi connectivity index (χ1n) is 8.82. The molecule has 0 bridgehead atoms. The van der Waals surface area contributed by atoms with Crippen LogP contribution >= 0.6 is 23.1 Å². The van der Waals surface area contributed by atoms with Crippen molar-refractivity contribution in [1.29, 1.82) is 0 Å². The molecule has 8 heteroatoms. The molecule has 0 aliphatic heterocycles. The zero-order chi connectivity index (χ0) is 20.6. The lowest BCUT2D eigenvalue weighted by Gasteiger charge is -2.07. The van der Waals surface area contributed by atoms with Crippen LogP contribution in [0, 0.1) is 0 Å². The summed E-state index contributed by atoms with van der Waals surface area (Å²) >= 11 is 2.79. The molecule has 0 saturated heterocycles. The van der Waals surface area contributed by atoms with E-state index in [4.69, 9.17) is 0 Å². The summed E-state index contributed by atoms with van der Waals surface area (Å²) in [5.41, 5.74) is 2.54. The summed E-state index contributed by atoms with van der Waals surface area (Å²) in [4.78, 5) is 40.0. The van der Waals surface area contributed by atoms with Crippen molar-refractivity contribution in [3.05, 3.63) is 71.2 Å². The number of nitrogens with zero attached hydrogens (tertiary/aromatic N) is 1. The number of aromatic nitrogens is 1. The number of carbonyl (C=O) groups excluding carboxylic acids is 3. The normalized spacial score (nSPS) is 10.4. The Balaban J connectivity index is 1.51. The molecule has 0 aliphatic rings. The van der Waals surface area contributed by atoms with E-state index in [2.05, 4.69) is 15.6 Å². The van der Waals surface area contributed by atoms with Gasteiger partial charge in [-0.3, -0.25) is 14.4 Å². The van der Waals surface area contributed by atoms with Crippen LogP contribution in [0.5, 0.6) is 0 Å². The lowest BCUT2D eigenvalue weighted by atomic mass is 10.2. The van der Waals surface area contributed by atoms with Crippen LogP contribution in [0.3, 0.4) is 0 Å². The number of rotatable bonds is 8. The molecule has 0 aliphatic carbocycles. The summed E-state index contributed by atoms with van der Waals surface area (Å²) in [6, 6.07) is 16.1. The van der Waals surface area contributed by atoms with E-state index in [0.717, 1.165) is 4.34 Å². The number of thioether (sulfide) groups is 1. The Morgan fingerprint density at radius 3 is 2.45 bits per heavy atom. The number of carbonyl (C=O) groups is 3. The number of anilines is 2. The van der Waals surface area contributed by atoms with E-state index in [1.807, 2.05) is 23.6 Å². The van der Waals surface area contributed by atoms with Crippen LogP contribution in [0.2, 0.25) is 0 Å². The number of ketones is 1. The monoisotopic (exact) mass is 425 g/mol. The van der Waals surface area contributed by atoms with Crippen molar-refractivity contribution in [3.63, 3.8) is 0 Å². The Bertz CT molecular complexity index is 1020. The molecule has 1 heterocycles. The Hall–Kier alpha value is -2.97. The van der Waals surface area contributed by atoms with Crippen molar-refractivity contribution in [1.82, 2.24) is 4.98 Å². The summed E-state index contributed by atoms with van der Waals surface area (Å²) in [6.45, 7) is 1.43. The van der Waals surface area contributed by atoms with Crippen molar-refractivity contribution < 1.29 is 14.4 Å². The van der Waals surface area contributed by atoms with Gasteiger partial charge in [0.05, 0.1) is 17.9 Å². The average molecular weight is 426 g/mol. The molecular weight excluding hydrogens is 406 g/mol. The molecule has 0 saturated carbocycles. The molecule has 0 fully saturated rings. The van der Waals surface area contributed by atoms with Crippen LogP contribution in [0.4, 0.5) is 11.4 Å². The molecule has 0 atom stereocenters. The molecule has 148 valence electrons. The fraction of sp³-hybridized carbons (Fsp3) is 0.143. The van der Waals surface area contributed by atoms with Crippen molar-refractivity contribution in [2.45, 2.75) is 17.7 Å². The van der Waals surface area contributed by atoms with E-state index in [-0.39, 0.29) is 24.0 Å². The number of amides is 2. The number of hydrogen-bond donors (Lipinski definition) is 2. The van der Waals surface area contributed by atoms with Crippen LogP contribution in [-0.2, 0) is 16.0 Å². The van der Waals surface area contributed by atoms with E-state index in [0.29, 0.717) is 28.4 Å². The van der Waals surface area contributed by atoms with Gasteiger partial charge in [-0.05, 0) is 18.2 Å². The van der Waals surface area contributed by atoms with Crippen LogP contribution in [0.1, 0.15) is 23.0 Å². The number of hydrogen-bond acceptors (Lipinski definition) is 6. The maximum Gasteiger partial charge on any atom is 0.230 e. The SMILES string of the molecule is CC(=O)Nc1cccc(NC(=O)Cc2csc(SCC(=O)c3ccccc3)n2)c1. The van der Waals surface area contributed by atoms with Crippen LogP contribution in [0.15, 0.2) is 64.3 Å². The van der Waals surface area contributed by atoms with Crippen molar-refractivity contribution in [2.24, 2.45) is 0 Å². The van der Waals surface area contributed by atoms with Gasteiger partial charge in [0.25, 0.3) is 0 Å². The fourth-order valence-corrected chi connectivity index (χ4v) is 4.26. The minimum Gasteiger partial charge on any atom is -0.326 e. The first kappa shape index (κ1) is 20.8. The van der Waals surface area contributed by atoms with Crippen LogP contribution < -0.4 is 10.6 Å². The number of Topliss-reactive ketones (excluding diaryl/α,β-unsaturated/α-hetero) is 1. The molecule has 1 aromatic heterocycles. The lowest BCUT2D eigenvalue weighted by molar-refractivity contribution is -0.116. The predicted molar refractivity (Wildman–Crippen MR) is 117 cm³/mol. The number of thiazole rings is 1. The second kappa shape index (κ2) is 9.99. The van der Waals surface area contributed by atoms with Crippen molar-refractivity contribution in [2.75, 3.05) is 16.4 Å². The van der Waals surface area contributed by atoms with Crippen LogP contribution in [-0.4, -0.2) is 28.3 Å². The van der Waals surface area contributed by atoms with Gasteiger partial charge >= 0.3 is 0 Å². The zero-order valence-corrected chi connectivity index (χ0v) is 17.3. The Morgan fingerprint density at radius 2 is 1.72 bits per heavy atom. The second-order valence-electron chi connectivity index (χ2n) is 6.17. The molecule has 2 amide bonds. The van der Waals surface area contributed by atoms with Crippen molar-refractivity contribution >= 4 is 52.1 Å². The summed E-state index contributed by atoms with van der Waals surface area (Å²) in [7, 11) is 0. The standard InChI is InChI=1S/C21H19N3O3S2/c1-14(25)22-16-8-5-9-17(10-16)23-20(27)11-18-12-28-21(24-18)29-13-19(26)15-6-3-2-4-7-15/h2-10,12H,11,13H2,1H3,(H,22,25)(H,23,27). The maximum absolute atomic E-state index is 12.3. The molecule has 0 radical (unpaired) electrons. The van der Waals surface area contributed by atoms with Gasteiger partial charge in [0.1, 0.15) is 0 Å².